The van der Waals surface area contributed by atoms with Crippen LogP contribution in [0, 0.1) is 0 Å². The standard InChI is InChI=1S/C23H18N2O2S/c26-22(25-24-15-17-16-28-21-14-8-7-13-20(17)21)23(27,18-9-3-1-4-10-18)19-11-5-2-6-12-19/h1-16,27H,(H,25,26)/b24-15+. The maximum absolute atomic E-state index is 13.0. The number of fused-ring (bicyclic) bond motifs is 1. The maximum atomic E-state index is 13.0. The van der Waals surface area contributed by atoms with Crippen molar-refractivity contribution in [2.75, 3.05) is 0 Å². The first-order valence-corrected chi connectivity index (χ1v) is 9.71. The number of hydrazone groups is 1. The number of carbonyl (C=O) groups excluding carboxylic acids is 1. The van der Waals surface area contributed by atoms with Gasteiger partial charge in [0.15, 0.2) is 5.60 Å². The van der Waals surface area contributed by atoms with E-state index in [4.69, 9.17) is 0 Å². The van der Waals surface area contributed by atoms with Crippen molar-refractivity contribution in [1.82, 2.24) is 5.43 Å². The van der Waals surface area contributed by atoms with Crippen LogP contribution in [0.1, 0.15) is 16.7 Å². The molecule has 0 unspecified atom stereocenters. The van der Waals surface area contributed by atoms with Gasteiger partial charge >= 0.3 is 0 Å². The van der Waals surface area contributed by atoms with E-state index in [0.29, 0.717) is 11.1 Å². The molecule has 0 bridgehead atoms. The molecule has 3 aromatic carbocycles. The molecule has 0 aliphatic rings. The summed E-state index contributed by atoms with van der Waals surface area (Å²) in [7, 11) is 0. The first-order chi connectivity index (χ1) is 13.7. The molecule has 2 N–H and O–H groups in total. The zero-order valence-corrected chi connectivity index (χ0v) is 15.8. The highest BCUT2D eigenvalue weighted by atomic mass is 32.1. The highest BCUT2D eigenvalue weighted by molar-refractivity contribution is 7.17. The third-order valence-corrected chi connectivity index (χ3v) is 5.57. The Morgan fingerprint density at radius 3 is 2.11 bits per heavy atom. The fourth-order valence-corrected chi connectivity index (χ4v) is 4.04. The number of benzene rings is 3. The topological polar surface area (TPSA) is 61.7 Å². The Morgan fingerprint density at radius 1 is 0.893 bits per heavy atom. The first-order valence-electron chi connectivity index (χ1n) is 8.83. The Morgan fingerprint density at radius 2 is 1.46 bits per heavy atom. The molecule has 28 heavy (non-hydrogen) atoms. The van der Waals surface area contributed by atoms with E-state index in [1.165, 1.54) is 0 Å². The van der Waals surface area contributed by atoms with Gasteiger partial charge < -0.3 is 5.11 Å². The van der Waals surface area contributed by atoms with Crippen molar-refractivity contribution in [2.45, 2.75) is 5.60 Å². The zero-order valence-electron chi connectivity index (χ0n) is 14.9. The van der Waals surface area contributed by atoms with Crippen LogP contribution in [0.15, 0.2) is 95.4 Å². The summed E-state index contributed by atoms with van der Waals surface area (Å²) in [5.74, 6) is -0.610. The summed E-state index contributed by atoms with van der Waals surface area (Å²) in [6.07, 6.45) is 1.60. The average Bonchev–Trinajstić information content (AvgIpc) is 3.17. The fourth-order valence-electron chi connectivity index (χ4n) is 3.13. The highest BCUT2D eigenvalue weighted by Crippen LogP contribution is 2.30. The van der Waals surface area contributed by atoms with Crippen molar-refractivity contribution in [3.63, 3.8) is 0 Å². The number of rotatable bonds is 5. The van der Waals surface area contributed by atoms with Gasteiger partial charge in [0.25, 0.3) is 5.91 Å². The van der Waals surface area contributed by atoms with Crippen LogP contribution in [0.25, 0.3) is 10.1 Å². The molecule has 0 aliphatic heterocycles. The molecule has 0 atom stereocenters. The van der Waals surface area contributed by atoms with E-state index < -0.39 is 11.5 Å². The van der Waals surface area contributed by atoms with Gasteiger partial charge in [0.05, 0.1) is 6.21 Å². The Bertz CT molecular complexity index is 1080. The number of nitrogens with one attached hydrogen (secondary N) is 1. The minimum absolute atomic E-state index is 0.481. The molecule has 0 spiro atoms. The molecule has 0 radical (unpaired) electrons. The lowest BCUT2D eigenvalue weighted by atomic mass is 9.85. The smallest absolute Gasteiger partial charge is 0.281 e. The zero-order chi connectivity index (χ0) is 19.4. The lowest BCUT2D eigenvalue weighted by Gasteiger charge is -2.27. The van der Waals surface area contributed by atoms with Crippen LogP contribution in [0.5, 0.6) is 0 Å². The Balaban J connectivity index is 1.63. The monoisotopic (exact) mass is 386 g/mol. The number of carbonyl (C=O) groups is 1. The summed E-state index contributed by atoms with van der Waals surface area (Å²) in [4.78, 5) is 13.0. The third-order valence-electron chi connectivity index (χ3n) is 4.59. The van der Waals surface area contributed by atoms with Gasteiger partial charge in [0.2, 0.25) is 0 Å². The second kappa shape index (κ2) is 7.76. The van der Waals surface area contributed by atoms with Gasteiger partial charge in [-0.3, -0.25) is 4.79 Å². The van der Waals surface area contributed by atoms with Crippen molar-refractivity contribution in [2.24, 2.45) is 5.10 Å². The van der Waals surface area contributed by atoms with Crippen molar-refractivity contribution in [3.8, 4) is 0 Å². The van der Waals surface area contributed by atoms with Crippen LogP contribution >= 0.6 is 11.3 Å². The number of nitrogens with zero attached hydrogens (tertiary/aromatic N) is 1. The molecular weight excluding hydrogens is 368 g/mol. The quantitative estimate of drug-likeness (QED) is 0.397. The van der Waals surface area contributed by atoms with E-state index in [1.807, 2.05) is 41.8 Å². The number of thiophene rings is 1. The highest BCUT2D eigenvalue weighted by Gasteiger charge is 2.39. The number of aliphatic hydroxyl groups is 1. The van der Waals surface area contributed by atoms with Gasteiger partial charge in [-0.05, 0) is 17.2 Å². The van der Waals surface area contributed by atoms with Crippen LogP contribution in [0.2, 0.25) is 0 Å². The Kier molecular flexibility index (Phi) is 5.02. The molecule has 5 heteroatoms. The van der Waals surface area contributed by atoms with Crippen molar-refractivity contribution in [1.29, 1.82) is 0 Å². The molecule has 0 saturated carbocycles. The van der Waals surface area contributed by atoms with Crippen LogP contribution in [-0.4, -0.2) is 17.2 Å². The van der Waals surface area contributed by atoms with E-state index >= 15 is 0 Å². The van der Waals surface area contributed by atoms with E-state index in [1.54, 1.807) is 66.1 Å². The first kappa shape index (κ1) is 18.1. The minimum atomic E-state index is -1.84. The largest absolute Gasteiger partial charge is 0.372 e. The normalized spacial score (nSPS) is 11.8. The molecule has 1 amide bonds. The summed E-state index contributed by atoms with van der Waals surface area (Å²) < 4.78 is 1.15. The minimum Gasteiger partial charge on any atom is -0.372 e. The summed E-state index contributed by atoms with van der Waals surface area (Å²) >= 11 is 1.62. The van der Waals surface area contributed by atoms with Gasteiger partial charge in [-0.25, -0.2) is 5.43 Å². The molecule has 4 rings (SSSR count). The van der Waals surface area contributed by atoms with Crippen LogP contribution in [0.3, 0.4) is 0 Å². The lowest BCUT2D eigenvalue weighted by molar-refractivity contribution is -0.136. The maximum Gasteiger partial charge on any atom is 0.281 e. The summed E-state index contributed by atoms with van der Waals surface area (Å²) in [5.41, 5.74) is 2.55. The molecule has 1 aromatic heterocycles. The predicted octanol–water partition coefficient (Wildman–Crippen LogP) is 4.29. The Hall–Kier alpha value is -3.28. The van der Waals surface area contributed by atoms with Gasteiger partial charge in [-0.15, -0.1) is 11.3 Å². The van der Waals surface area contributed by atoms with Crippen molar-refractivity contribution in [3.05, 3.63) is 107 Å². The van der Waals surface area contributed by atoms with Gasteiger partial charge in [0, 0.05) is 21.0 Å². The molecular formula is C23H18N2O2S. The molecule has 4 nitrogen and oxygen atoms in total. The summed E-state index contributed by atoms with van der Waals surface area (Å²) in [6.45, 7) is 0. The fraction of sp³-hybridized carbons (Fsp3) is 0.0435. The van der Waals surface area contributed by atoms with Crippen LogP contribution in [-0.2, 0) is 10.4 Å². The number of hydrogen-bond acceptors (Lipinski definition) is 4. The molecule has 4 aromatic rings. The van der Waals surface area contributed by atoms with Crippen molar-refractivity contribution < 1.29 is 9.90 Å². The van der Waals surface area contributed by atoms with E-state index in [9.17, 15) is 9.90 Å². The Labute approximate surface area is 166 Å². The molecule has 0 aliphatic carbocycles. The molecule has 138 valence electrons. The van der Waals surface area contributed by atoms with E-state index in [-0.39, 0.29) is 0 Å². The average molecular weight is 386 g/mol. The second-order valence-electron chi connectivity index (χ2n) is 6.33. The lowest BCUT2D eigenvalue weighted by Crippen LogP contribution is -2.43. The number of hydrogen-bond donors (Lipinski definition) is 2. The second-order valence-corrected chi connectivity index (χ2v) is 7.24. The van der Waals surface area contributed by atoms with Gasteiger partial charge in [-0.2, -0.15) is 5.10 Å². The SMILES string of the molecule is O=C(N/N=C/c1csc2ccccc12)C(O)(c1ccccc1)c1ccccc1. The van der Waals surface area contributed by atoms with Crippen LogP contribution in [0.4, 0.5) is 0 Å². The third kappa shape index (κ3) is 3.33. The van der Waals surface area contributed by atoms with Crippen molar-refractivity contribution >= 4 is 33.5 Å². The van der Waals surface area contributed by atoms with Crippen LogP contribution < -0.4 is 5.43 Å². The predicted molar refractivity (Wildman–Crippen MR) is 113 cm³/mol. The van der Waals surface area contributed by atoms with E-state index in [2.05, 4.69) is 10.5 Å². The summed E-state index contributed by atoms with van der Waals surface area (Å²) in [5, 5.41) is 18.5. The van der Waals surface area contributed by atoms with Gasteiger partial charge in [-0.1, -0.05) is 78.9 Å². The van der Waals surface area contributed by atoms with Gasteiger partial charge in [0.1, 0.15) is 0 Å². The van der Waals surface area contributed by atoms with E-state index in [0.717, 1.165) is 15.6 Å². The molecule has 0 fully saturated rings. The molecule has 1 heterocycles. The molecule has 0 saturated heterocycles. The summed E-state index contributed by atoms with van der Waals surface area (Å²) in [6, 6.07) is 25.7. The number of amides is 1.